The number of nitrogens with zero attached hydrogens (tertiary/aromatic N) is 2. The molecule has 8 heteroatoms. The van der Waals surface area contributed by atoms with Gasteiger partial charge >= 0.3 is 0 Å². The van der Waals surface area contributed by atoms with E-state index in [4.69, 9.17) is 9.47 Å². The van der Waals surface area contributed by atoms with Crippen LogP contribution in [0, 0.1) is 0 Å². The largest absolute Gasteiger partial charge is 0.493 e. The highest BCUT2D eigenvalue weighted by molar-refractivity contribution is 7.87. The number of rotatable bonds is 5. The lowest BCUT2D eigenvalue weighted by molar-refractivity contribution is 0.147. The summed E-state index contributed by atoms with van der Waals surface area (Å²) in [6, 6.07) is 5.65. The molecule has 1 atom stereocenters. The summed E-state index contributed by atoms with van der Waals surface area (Å²) in [4.78, 5) is 2.14. The van der Waals surface area contributed by atoms with Gasteiger partial charge in [0.2, 0.25) is 0 Å². The molecule has 0 amide bonds. The van der Waals surface area contributed by atoms with E-state index in [0.717, 1.165) is 5.56 Å². The summed E-state index contributed by atoms with van der Waals surface area (Å²) >= 11 is 0. The van der Waals surface area contributed by atoms with Crippen LogP contribution >= 0.6 is 0 Å². The second kappa shape index (κ2) is 6.82. The molecule has 1 aromatic carbocycles. The van der Waals surface area contributed by atoms with Crippen molar-refractivity contribution in [3.63, 3.8) is 0 Å². The maximum absolute atomic E-state index is 12.0. The van der Waals surface area contributed by atoms with Crippen molar-refractivity contribution >= 4 is 10.2 Å². The molecule has 1 fully saturated rings. The van der Waals surface area contributed by atoms with Gasteiger partial charge in [-0.1, -0.05) is 6.07 Å². The van der Waals surface area contributed by atoms with Crippen LogP contribution in [-0.2, 0) is 10.2 Å². The van der Waals surface area contributed by atoms with E-state index < -0.39 is 10.2 Å². The van der Waals surface area contributed by atoms with Gasteiger partial charge < -0.3 is 9.47 Å². The Morgan fingerprint density at radius 3 is 2.45 bits per heavy atom. The van der Waals surface area contributed by atoms with Gasteiger partial charge in [0.1, 0.15) is 0 Å². The van der Waals surface area contributed by atoms with Gasteiger partial charge in [-0.15, -0.1) is 0 Å². The Hall–Kier alpha value is -1.35. The molecular weight excluding hydrogens is 306 g/mol. The Morgan fingerprint density at radius 1 is 1.18 bits per heavy atom. The van der Waals surface area contributed by atoms with Crippen LogP contribution in [0.1, 0.15) is 11.6 Å². The van der Waals surface area contributed by atoms with Gasteiger partial charge in [-0.05, 0) is 24.7 Å². The molecule has 0 spiro atoms. The molecule has 1 aromatic rings. The molecule has 0 saturated carbocycles. The van der Waals surface area contributed by atoms with Gasteiger partial charge in [0.05, 0.1) is 14.2 Å². The van der Waals surface area contributed by atoms with E-state index in [9.17, 15) is 8.42 Å². The number of likely N-dealkylation sites (N-methyl/N-ethyl adjacent to an activating group) is 1. The van der Waals surface area contributed by atoms with Crippen molar-refractivity contribution in [3.8, 4) is 11.5 Å². The van der Waals surface area contributed by atoms with Crippen LogP contribution in [0.3, 0.4) is 0 Å². The lowest BCUT2D eigenvalue weighted by Crippen LogP contribution is -2.51. The first kappa shape index (κ1) is 17.0. The van der Waals surface area contributed by atoms with Crippen LogP contribution < -0.4 is 14.2 Å². The summed E-state index contributed by atoms with van der Waals surface area (Å²) in [5.41, 5.74) is 0.996. The fraction of sp³-hybridized carbons (Fsp3) is 0.571. The smallest absolute Gasteiger partial charge is 0.279 e. The predicted molar refractivity (Wildman–Crippen MR) is 84.5 cm³/mol. The number of ether oxygens (including phenoxy) is 2. The number of nitrogens with one attached hydrogen (secondary N) is 1. The quantitative estimate of drug-likeness (QED) is 0.850. The molecule has 1 N–H and O–H groups in total. The highest BCUT2D eigenvalue weighted by Crippen LogP contribution is 2.33. The lowest BCUT2D eigenvalue weighted by Gasteiger charge is -2.38. The van der Waals surface area contributed by atoms with E-state index in [0.29, 0.717) is 31.1 Å². The first-order valence-corrected chi connectivity index (χ1v) is 8.47. The molecular formula is C14H23N3O4S. The molecule has 2 rings (SSSR count). The summed E-state index contributed by atoms with van der Waals surface area (Å²) < 4.78 is 38.4. The molecule has 1 aliphatic rings. The third kappa shape index (κ3) is 3.35. The van der Waals surface area contributed by atoms with Crippen molar-refractivity contribution < 1.29 is 17.9 Å². The minimum Gasteiger partial charge on any atom is -0.493 e. The minimum atomic E-state index is -3.41. The van der Waals surface area contributed by atoms with Crippen LogP contribution in [0.25, 0.3) is 0 Å². The van der Waals surface area contributed by atoms with Crippen molar-refractivity contribution in [2.45, 2.75) is 6.04 Å². The maximum atomic E-state index is 12.0. The summed E-state index contributed by atoms with van der Waals surface area (Å²) in [7, 11) is 3.18. The van der Waals surface area contributed by atoms with Crippen molar-refractivity contribution in [3.05, 3.63) is 23.8 Å². The summed E-state index contributed by atoms with van der Waals surface area (Å²) in [5.74, 6) is 1.30. The normalized spacial score (nSPS) is 20.8. The molecule has 1 unspecified atom stereocenters. The second-order valence-corrected chi connectivity index (χ2v) is 7.05. The van der Waals surface area contributed by atoms with E-state index in [2.05, 4.69) is 9.62 Å². The van der Waals surface area contributed by atoms with E-state index in [1.54, 1.807) is 14.2 Å². The second-order valence-electron chi connectivity index (χ2n) is 5.18. The molecule has 1 heterocycles. The van der Waals surface area contributed by atoms with E-state index >= 15 is 0 Å². The van der Waals surface area contributed by atoms with Gasteiger partial charge in [0.25, 0.3) is 10.2 Å². The fourth-order valence-electron chi connectivity index (χ4n) is 2.62. The molecule has 0 aliphatic carbocycles. The molecule has 7 nitrogen and oxygen atoms in total. The number of benzene rings is 1. The molecule has 0 radical (unpaired) electrons. The van der Waals surface area contributed by atoms with Crippen LogP contribution in [0.5, 0.6) is 11.5 Å². The zero-order valence-electron chi connectivity index (χ0n) is 13.4. The average molecular weight is 329 g/mol. The van der Waals surface area contributed by atoms with Gasteiger partial charge in [-0.2, -0.15) is 12.7 Å². The fourth-order valence-corrected chi connectivity index (χ4v) is 3.53. The van der Waals surface area contributed by atoms with Crippen LogP contribution in [0.4, 0.5) is 0 Å². The van der Waals surface area contributed by atoms with Gasteiger partial charge in [-0.25, -0.2) is 4.72 Å². The third-order valence-electron chi connectivity index (χ3n) is 4.00. The maximum Gasteiger partial charge on any atom is 0.279 e. The highest BCUT2D eigenvalue weighted by atomic mass is 32.2. The Labute approximate surface area is 132 Å². The van der Waals surface area contributed by atoms with Crippen molar-refractivity contribution in [2.75, 3.05) is 47.9 Å². The SMILES string of the molecule is CNS(=O)(=O)N1CCN(C)C(c2ccc(OC)c(OC)c2)C1. The van der Waals surface area contributed by atoms with Gasteiger partial charge in [0, 0.05) is 32.7 Å². The molecule has 22 heavy (non-hydrogen) atoms. The Bertz CT molecular complexity index is 621. The molecule has 1 aliphatic heterocycles. The van der Waals surface area contributed by atoms with Gasteiger partial charge in [0.15, 0.2) is 11.5 Å². The molecule has 1 saturated heterocycles. The van der Waals surface area contributed by atoms with Crippen LogP contribution in [0.2, 0.25) is 0 Å². The zero-order valence-corrected chi connectivity index (χ0v) is 14.2. The number of hydrogen-bond donors (Lipinski definition) is 1. The molecule has 124 valence electrons. The Balaban J connectivity index is 2.29. The molecule has 0 bridgehead atoms. The standard InChI is InChI=1S/C14H23N3O4S/c1-15-22(18,19)17-8-7-16(2)12(10-17)11-5-6-13(20-3)14(9-11)21-4/h5-6,9,12,15H,7-8,10H2,1-4H3. The van der Waals surface area contributed by atoms with Crippen molar-refractivity contribution in [1.82, 2.24) is 13.9 Å². The van der Waals surface area contributed by atoms with Crippen LogP contribution in [-0.4, -0.2) is 65.6 Å². The van der Waals surface area contributed by atoms with E-state index in [1.165, 1.54) is 11.4 Å². The monoisotopic (exact) mass is 329 g/mol. The number of hydrogen-bond acceptors (Lipinski definition) is 5. The predicted octanol–water partition coefficient (Wildman–Crippen LogP) is 0.457. The van der Waals surface area contributed by atoms with E-state index in [1.807, 2.05) is 25.2 Å². The Morgan fingerprint density at radius 2 is 1.86 bits per heavy atom. The number of piperazine rings is 1. The first-order valence-electron chi connectivity index (χ1n) is 7.03. The van der Waals surface area contributed by atoms with Gasteiger partial charge in [-0.3, -0.25) is 4.90 Å². The molecule has 0 aromatic heterocycles. The third-order valence-corrected chi connectivity index (χ3v) is 5.53. The summed E-state index contributed by atoms with van der Waals surface area (Å²) in [6.45, 7) is 1.54. The van der Waals surface area contributed by atoms with E-state index in [-0.39, 0.29) is 6.04 Å². The summed E-state index contributed by atoms with van der Waals surface area (Å²) in [5, 5.41) is 0. The summed E-state index contributed by atoms with van der Waals surface area (Å²) in [6.07, 6.45) is 0. The van der Waals surface area contributed by atoms with Crippen molar-refractivity contribution in [1.29, 1.82) is 0 Å². The highest BCUT2D eigenvalue weighted by Gasteiger charge is 2.32. The van der Waals surface area contributed by atoms with Crippen LogP contribution in [0.15, 0.2) is 18.2 Å². The lowest BCUT2D eigenvalue weighted by atomic mass is 10.0. The average Bonchev–Trinajstić information content (AvgIpc) is 2.54. The minimum absolute atomic E-state index is 0.0309. The first-order chi connectivity index (χ1) is 10.4. The topological polar surface area (TPSA) is 71.1 Å². The number of methoxy groups -OCH3 is 2. The Kier molecular flexibility index (Phi) is 5.28. The van der Waals surface area contributed by atoms with Crippen molar-refractivity contribution in [2.24, 2.45) is 0 Å². The zero-order chi connectivity index (χ0) is 16.3.